The Morgan fingerprint density at radius 3 is 2.62 bits per heavy atom. The SMILES string of the molecule is CCCc1ncc(-c2ccncc2)c(C2CCCCN2C(=O)Cn2nc(C)c(C)c2C)n1. The van der Waals surface area contributed by atoms with Crippen LogP contribution in [0.3, 0.4) is 0 Å². The number of aromatic nitrogens is 5. The fourth-order valence-corrected chi connectivity index (χ4v) is 4.46. The molecule has 1 fully saturated rings. The van der Waals surface area contributed by atoms with E-state index in [0.29, 0.717) is 0 Å². The Morgan fingerprint density at radius 2 is 1.94 bits per heavy atom. The zero-order valence-electron chi connectivity index (χ0n) is 19.5. The van der Waals surface area contributed by atoms with Crippen LogP contribution in [0.2, 0.25) is 0 Å². The zero-order valence-corrected chi connectivity index (χ0v) is 19.5. The van der Waals surface area contributed by atoms with E-state index in [0.717, 1.165) is 78.2 Å². The summed E-state index contributed by atoms with van der Waals surface area (Å²) in [5.74, 6) is 0.934. The minimum absolute atomic E-state index is 0.0592. The van der Waals surface area contributed by atoms with Crippen LogP contribution in [0, 0.1) is 20.8 Å². The number of likely N-dealkylation sites (tertiary alicyclic amines) is 1. The number of aryl methyl sites for hydroxylation is 2. The maximum Gasteiger partial charge on any atom is 0.244 e. The van der Waals surface area contributed by atoms with E-state index in [1.165, 1.54) is 0 Å². The third-order valence-electron chi connectivity index (χ3n) is 6.50. The highest BCUT2D eigenvalue weighted by atomic mass is 16.2. The van der Waals surface area contributed by atoms with Gasteiger partial charge in [0.25, 0.3) is 0 Å². The Bertz CT molecular complexity index is 1090. The molecule has 4 heterocycles. The summed E-state index contributed by atoms with van der Waals surface area (Å²) >= 11 is 0. The molecule has 1 saturated heterocycles. The van der Waals surface area contributed by atoms with E-state index in [-0.39, 0.29) is 18.5 Å². The van der Waals surface area contributed by atoms with Crippen molar-refractivity contribution >= 4 is 5.91 Å². The topological polar surface area (TPSA) is 76.8 Å². The Morgan fingerprint density at radius 1 is 1.16 bits per heavy atom. The molecule has 1 atom stereocenters. The van der Waals surface area contributed by atoms with Crippen LogP contribution in [-0.4, -0.2) is 42.1 Å². The summed E-state index contributed by atoms with van der Waals surface area (Å²) in [6, 6.07) is 3.90. The second kappa shape index (κ2) is 9.59. The van der Waals surface area contributed by atoms with Gasteiger partial charge in [0.05, 0.1) is 17.4 Å². The Balaban J connectivity index is 1.70. The van der Waals surface area contributed by atoms with Gasteiger partial charge >= 0.3 is 0 Å². The molecule has 0 radical (unpaired) electrons. The molecule has 1 aliphatic rings. The molecule has 32 heavy (non-hydrogen) atoms. The van der Waals surface area contributed by atoms with Crippen molar-refractivity contribution in [3.05, 3.63) is 59.2 Å². The maximum absolute atomic E-state index is 13.5. The van der Waals surface area contributed by atoms with E-state index in [4.69, 9.17) is 4.98 Å². The highest BCUT2D eigenvalue weighted by Gasteiger charge is 2.32. The van der Waals surface area contributed by atoms with Gasteiger partial charge in [-0.1, -0.05) is 6.92 Å². The van der Waals surface area contributed by atoms with Crippen molar-refractivity contribution in [2.75, 3.05) is 6.54 Å². The molecular formula is C25H32N6O. The van der Waals surface area contributed by atoms with Crippen LogP contribution >= 0.6 is 0 Å². The lowest BCUT2D eigenvalue weighted by molar-refractivity contribution is -0.136. The quantitative estimate of drug-likeness (QED) is 0.578. The summed E-state index contributed by atoms with van der Waals surface area (Å²) in [4.78, 5) is 29.3. The van der Waals surface area contributed by atoms with Gasteiger partial charge in [0.1, 0.15) is 12.4 Å². The van der Waals surface area contributed by atoms with Crippen LogP contribution in [0.4, 0.5) is 0 Å². The second-order valence-corrected chi connectivity index (χ2v) is 8.62. The van der Waals surface area contributed by atoms with Gasteiger partial charge in [-0.25, -0.2) is 9.97 Å². The first kappa shape index (κ1) is 22.1. The second-order valence-electron chi connectivity index (χ2n) is 8.62. The first-order valence-electron chi connectivity index (χ1n) is 11.6. The lowest BCUT2D eigenvalue weighted by Crippen LogP contribution is -2.41. The van der Waals surface area contributed by atoms with E-state index in [2.05, 4.69) is 28.9 Å². The van der Waals surface area contributed by atoms with Crippen LogP contribution in [0.1, 0.15) is 67.1 Å². The molecule has 3 aromatic rings. The van der Waals surface area contributed by atoms with E-state index in [1.807, 2.05) is 41.8 Å². The molecule has 0 N–H and O–H groups in total. The first-order valence-corrected chi connectivity index (χ1v) is 11.6. The van der Waals surface area contributed by atoms with Gasteiger partial charge in [0.15, 0.2) is 0 Å². The predicted octanol–water partition coefficient (Wildman–Crippen LogP) is 4.37. The monoisotopic (exact) mass is 432 g/mol. The minimum atomic E-state index is -0.0592. The normalized spacial score (nSPS) is 16.4. The number of piperidine rings is 1. The molecule has 0 bridgehead atoms. The van der Waals surface area contributed by atoms with Gasteiger partial charge in [0, 0.05) is 42.8 Å². The Kier molecular flexibility index (Phi) is 6.63. The third-order valence-corrected chi connectivity index (χ3v) is 6.50. The highest BCUT2D eigenvalue weighted by molar-refractivity contribution is 5.77. The Labute approximate surface area is 189 Å². The molecule has 3 aromatic heterocycles. The standard InChI is InChI=1S/C25H32N6O/c1-5-8-23-27-15-21(20-10-12-26-13-11-20)25(28-23)22-9-6-7-14-30(22)24(32)16-31-19(4)17(2)18(3)29-31/h10-13,15,22H,5-9,14,16H2,1-4H3. The van der Waals surface area contributed by atoms with Crippen LogP contribution in [0.15, 0.2) is 30.7 Å². The van der Waals surface area contributed by atoms with E-state index < -0.39 is 0 Å². The predicted molar refractivity (Wildman–Crippen MR) is 124 cm³/mol. The number of rotatable bonds is 6. The summed E-state index contributed by atoms with van der Waals surface area (Å²) < 4.78 is 1.84. The fourth-order valence-electron chi connectivity index (χ4n) is 4.46. The summed E-state index contributed by atoms with van der Waals surface area (Å²) in [6.45, 7) is 9.20. The van der Waals surface area contributed by atoms with Gasteiger partial charge in [0.2, 0.25) is 5.91 Å². The van der Waals surface area contributed by atoms with Crippen molar-refractivity contribution in [3.8, 4) is 11.1 Å². The number of carbonyl (C=O) groups is 1. The number of amides is 1. The van der Waals surface area contributed by atoms with Crippen molar-refractivity contribution in [1.82, 2.24) is 29.6 Å². The number of hydrogen-bond acceptors (Lipinski definition) is 5. The molecule has 0 spiro atoms. The van der Waals surface area contributed by atoms with Gasteiger partial charge in [-0.2, -0.15) is 5.10 Å². The molecule has 1 aliphatic heterocycles. The first-order chi connectivity index (χ1) is 15.5. The molecule has 1 unspecified atom stereocenters. The van der Waals surface area contributed by atoms with E-state index in [9.17, 15) is 4.79 Å². The summed E-state index contributed by atoms with van der Waals surface area (Å²) in [5.41, 5.74) is 6.14. The number of hydrogen-bond donors (Lipinski definition) is 0. The van der Waals surface area contributed by atoms with Crippen molar-refractivity contribution in [1.29, 1.82) is 0 Å². The van der Waals surface area contributed by atoms with E-state index in [1.54, 1.807) is 12.4 Å². The number of carbonyl (C=O) groups excluding carboxylic acids is 1. The molecule has 7 heteroatoms. The van der Waals surface area contributed by atoms with Crippen molar-refractivity contribution in [2.45, 2.75) is 72.4 Å². The Hall–Kier alpha value is -3.09. The third kappa shape index (κ3) is 4.42. The van der Waals surface area contributed by atoms with Gasteiger partial charge in [-0.05, 0) is 69.7 Å². The molecule has 1 amide bonds. The fraction of sp³-hybridized carbons (Fsp3) is 0.480. The van der Waals surface area contributed by atoms with Gasteiger partial charge in [-0.3, -0.25) is 14.5 Å². The van der Waals surface area contributed by atoms with Crippen LogP contribution in [0.25, 0.3) is 11.1 Å². The molecular weight excluding hydrogens is 400 g/mol. The van der Waals surface area contributed by atoms with Crippen molar-refractivity contribution in [3.63, 3.8) is 0 Å². The summed E-state index contributed by atoms with van der Waals surface area (Å²) in [5, 5.41) is 4.58. The van der Waals surface area contributed by atoms with Gasteiger partial charge in [-0.15, -0.1) is 0 Å². The highest BCUT2D eigenvalue weighted by Crippen LogP contribution is 2.36. The molecule has 0 aliphatic carbocycles. The average Bonchev–Trinajstić information content (AvgIpc) is 3.06. The van der Waals surface area contributed by atoms with Crippen molar-refractivity contribution in [2.24, 2.45) is 0 Å². The van der Waals surface area contributed by atoms with Crippen LogP contribution in [-0.2, 0) is 17.8 Å². The summed E-state index contributed by atoms with van der Waals surface area (Å²) in [6.07, 6.45) is 10.3. The number of pyridine rings is 1. The number of nitrogens with zero attached hydrogens (tertiary/aromatic N) is 6. The molecule has 7 nitrogen and oxygen atoms in total. The van der Waals surface area contributed by atoms with Gasteiger partial charge < -0.3 is 4.90 Å². The lowest BCUT2D eigenvalue weighted by atomic mass is 9.94. The lowest BCUT2D eigenvalue weighted by Gasteiger charge is -2.36. The smallest absolute Gasteiger partial charge is 0.244 e. The maximum atomic E-state index is 13.5. The van der Waals surface area contributed by atoms with E-state index >= 15 is 0 Å². The summed E-state index contributed by atoms with van der Waals surface area (Å²) in [7, 11) is 0. The molecule has 168 valence electrons. The zero-order chi connectivity index (χ0) is 22.7. The molecule has 4 rings (SSSR count). The molecule has 0 saturated carbocycles. The van der Waals surface area contributed by atoms with Crippen LogP contribution < -0.4 is 0 Å². The largest absolute Gasteiger partial charge is 0.332 e. The van der Waals surface area contributed by atoms with Crippen LogP contribution in [0.5, 0.6) is 0 Å². The molecule has 0 aromatic carbocycles. The minimum Gasteiger partial charge on any atom is -0.332 e. The van der Waals surface area contributed by atoms with Crippen molar-refractivity contribution < 1.29 is 4.79 Å². The average molecular weight is 433 g/mol.